The van der Waals surface area contributed by atoms with Crippen molar-refractivity contribution < 1.29 is 0 Å². The summed E-state index contributed by atoms with van der Waals surface area (Å²) in [6, 6.07) is 11.8. The molecule has 1 unspecified atom stereocenters. The van der Waals surface area contributed by atoms with Crippen molar-refractivity contribution in [1.29, 1.82) is 5.26 Å². The van der Waals surface area contributed by atoms with Gasteiger partial charge in [0.15, 0.2) is 0 Å². The van der Waals surface area contributed by atoms with Crippen LogP contribution in [0.2, 0.25) is 0 Å². The van der Waals surface area contributed by atoms with E-state index in [1.165, 1.54) is 43.2 Å². The molecule has 106 valence electrons. The Morgan fingerprint density at radius 3 is 2.30 bits per heavy atom. The monoisotopic (exact) mass is 268 g/mol. The maximum absolute atomic E-state index is 9.39. The molecule has 2 saturated carbocycles. The molecule has 0 amide bonds. The molecule has 2 aliphatic carbocycles. The summed E-state index contributed by atoms with van der Waals surface area (Å²) in [5, 5.41) is 12.7. The first kappa shape index (κ1) is 13.6. The molecule has 0 heterocycles. The lowest BCUT2D eigenvalue weighted by molar-refractivity contribution is 0.438. The summed E-state index contributed by atoms with van der Waals surface area (Å²) < 4.78 is 0. The minimum Gasteiger partial charge on any atom is -0.312 e. The number of nitrogens with zero attached hydrogens (tertiary/aromatic N) is 1. The van der Waals surface area contributed by atoms with Crippen LogP contribution in [0.3, 0.4) is 0 Å². The third-order valence-electron chi connectivity index (χ3n) is 5.20. The van der Waals surface area contributed by atoms with Crippen LogP contribution >= 0.6 is 0 Å². The Kier molecular flexibility index (Phi) is 3.81. The first-order chi connectivity index (χ1) is 9.79. The molecule has 1 aromatic rings. The molecule has 2 nitrogen and oxygen atoms in total. The van der Waals surface area contributed by atoms with E-state index in [4.69, 9.17) is 0 Å². The van der Waals surface area contributed by atoms with E-state index in [1.807, 2.05) is 7.05 Å². The van der Waals surface area contributed by atoms with Crippen LogP contribution in [0.25, 0.3) is 0 Å². The summed E-state index contributed by atoms with van der Waals surface area (Å²) in [6.07, 6.45) is 8.90. The molecule has 1 atom stereocenters. The van der Waals surface area contributed by atoms with Crippen molar-refractivity contribution in [2.24, 2.45) is 5.41 Å². The molecule has 0 aromatic heterocycles. The molecule has 0 saturated heterocycles. The SMILES string of the molecule is CNC(c1ccc(C2CCCCC2)cc1)C1(C#N)CC1. The van der Waals surface area contributed by atoms with E-state index < -0.39 is 0 Å². The summed E-state index contributed by atoms with van der Waals surface area (Å²) in [7, 11) is 1.97. The molecule has 0 radical (unpaired) electrons. The van der Waals surface area contributed by atoms with Gasteiger partial charge in [0.1, 0.15) is 0 Å². The molecule has 2 heteroatoms. The quantitative estimate of drug-likeness (QED) is 0.883. The standard InChI is InChI=1S/C18H24N2/c1-20-17(18(13-19)11-12-18)16-9-7-15(8-10-16)14-5-3-2-4-6-14/h7-10,14,17,20H,2-6,11-12H2,1H3. The molecule has 1 N–H and O–H groups in total. The third-order valence-corrected chi connectivity index (χ3v) is 5.20. The van der Waals surface area contributed by atoms with Gasteiger partial charge in [0.2, 0.25) is 0 Å². The molecule has 1 aromatic carbocycles. The Labute approximate surface area is 122 Å². The van der Waals surface area contributed by atoms with Crippen LogP contribution in [0.1, 0.15) is 68.0 Å². The largest absolute Gasteiger partial charge is 0.312 e. The maximum atomic E-state index is 9.39. The second-order valence-corrected chi connectivity index (χ2v) is 6.49. The van der Waals surface area contributed by atoms with E-state index in [0.29, 0.717) is 0 Å². The zero-order chi connectivity index (χ0) is 14.0. The molecular formula is C18H24N2. The highest BCUT2D eigenvalue weighted by Crippen LogP contribution is 2.54. The van der Waals surface area contributed by atoms with Gasteiger partial charge in [-0.15, -0.1) is 0 Å². The van der Waals surface area contributed by atoms with Crippen LogP contribution in [-0.4, -0.2) is 7.05 Å². The second kappa shape index (κ2) is 5.58. The number of rotatable bonds is 4. The van der Waals surface area contributed by atoms with Gasteiger partial charge in [-0.2, -0.15) is 5.26 Å². The Hall–Kier alpha value is -1.33. The predicted molar refractivity (Wildman–Crippen MR) is 81.3 cm³/mol. The topological polar surface area (TPSA) is 35.8 Å². The van der Waals surface area contributed by atoms with Crippen LogP contribution in [0, 0.1) is 16.7 Å². The highest BCUT2D eigenvalue weighted by Gasteiger charge is 2.50. The lowest BCUT2D eigenvalue weighted by Crippen LogP contribution is -2.25. The van der Waals surface area contributed by atoms with Gasteiger partial charge in [-0.25, -0.2) is 0 Å². The Bertz CT molecular complexity index is 487. The maximum Gasteiger partial charge on any atom is 0.0769 e. The molecular weight excluding hydrogens is 244 g/mol. The van der Waals surface area contributed by atoms with Gasteiger partial charge >= 0.3 is 0 Å². The smallest absolute Gasteiger partial charge is 0.0769 e. The van der Waals surface area contributed by atoms with E-state index in [-0.39, 0.29) is 11.5 Å². The second-order valence-electron chi connectivity index (χ2n) is 6.49. The van der Waals surface area contributed by atoms with E-state index in [1.54, 1.807) is 0 Å². The number of nitriles is 1. The fourth-order valence-electron chi connectivity index (χ4n) is 3.76. The average molecular weight is 268 g/mol. The average Bonchev–Trinajstić information content (AvgIpc) is 3.31. The van der Waals surface area contributed by atoms with Crippen molar-refractivity contribution >= 4 is 0 Å². The summed E-state index contributed by atoms with van der Waals surface area (Å²) >= 11 is 0. The van der Waals surface area contributed by atoms with Crippen molar-refractivity contribution in [2.75, 3.05) is 7.05 Å². The Morgan fingerprint density at radius 1 is 1.15 bits per heavy atom. The van der Waals surface area contributed by atoms with Crippen LogP contribution in [0.4, 0.5) is 0 Å². The van der Waals surface area contributed by atoms with Gasteiger partial charge in [0.25, 0.3) is 0 Å². The lowest BCUT2D eigenvalue weighted by atomic mass is 9.83. The van der Waals surface area contributed by atoms with Gasteiger partial charge in [-0.05, 0) is 49.8 Å². The van der Waals surface area contributed by atoms with Gasteiger partial charge in [-0.3, -0.25) is 0 Å². The van der Waals surface area contributed by atoms with E-state index in [0.717, 1.165) is 18.8 Å². The summed E-state index contributed by atoms with van der Waals surface area (Å²) in [4.78, 5) is 0. The third kappa shape index (κ3) is 2.47. The number of nitrogens with one attached hydrogen (secondary N) is 1. The normalized spacial score (nSPS) is 23.0. The van der Waals surface area contributed by atoms with Crippen molar-refractivity contribution in [3.63, 3.8) is 0 Å². The lowest BCUT2D eigenvalue weighted by Gasteiger charge is -2.24. The summed E-state index contributed by atoms with van der Waals surface area (Å²) in [5.41, 5.74) is 2.61. The molecule has 2 fully saturated rings. The van der Waals surface area contributed by atoms with Crippen molar-refractivity contribution in [3.05, 3.63) is 35.4 Å². The Morgan fingerprint density at radius 2 is 1.80 bits per heavy atom. The number of hydrogen-bond acceptors (Lipinski definition) is 2. The van der Waals surface area contributed by atoms with Crippen LogP contribution in [0.15, 0.2) is 24.3 Å². The minimum atomic E-state index is -0.152. The molecule has 20 heavy (non-hydrogen) atoms. The zero-order valence-corrected chi connectivity index (χ0v) is 12.4. The van der Waals surface area contributed by atoms with Crippen molar-refractivity contribution in [2.45, 2.75) is 56.9 Å². The first-order valence-corrected chi connectivity index (χ1v) is 7.97. The first-order valence-electron chi connectivity index (χ1n) is 7.97. The van der Waals surface area contributed by atoms with Crippen molar-refractivity contribution in [3.8, 4) is 6.07 Å². The van der Waals surface area contributed by atoms with Gasteiger partial charge in [0.05, 0.1) is 17.5 Å². The molecule has 2 aliphatic rings. The molecule has 0 spiro atoms. The highest BCUT2D eigenvalue weighted by atomic mass is 14.9. The van der Waals surface area contributed by atoms with Crippen LogP contribution < -0.4 is 5.32 Å². The number of benzene rings is 1. The molecule has 3 rings (SSSR count). The zero-order valence-electron chi connectivity index (χ0n) is 12.4. The predicted octanol–water partition coefficient (Wildman–Crippen LogP) is 4.30. The van der Waals surface area contributed by atoms with Gasteiger partial charge in [-0.1, -0.05) is 43.5 Å². The van der Waals surface area contributed by atoms with E-state index in [9.17, 15) is 5.26 Å². The van der Waals surface area contributed by atoms with Crippen LogP contribution in [0.5, 0.6) is 0 Å². The summed E-state index contributed by atoms with van der Waals surface area (Å²) in [6.45, 7) is 0. The van der Waals surface area contributed by atoms with Gasteiger partial charge in [0, 0.05) is 0 Å². The van der Waals surface area contributed by atoms with Crippen LogP contribution in [-0.2, 0) is 0 Å². The van der Waals surface area contributed by atoms with E-state index >= 15 is 0 Å². The van der Waals surface area contributed by atoms with Crippen molar-refractivity contribution in [1.82, 2.24) is 5.32 Å². The Balaban J connectivity index is 1.77. The number of hydrogen-bond donors (Lipinski definition) is 1. The molecule has 0 aliphatic heterocycles. The summed E-state index contributed by atoms with van der Waals surface area (Å²) in [5.74, 6) is 0.761. The molecule has 0 bridgehead atoms. The minimum absolute atomic E-state index is 0.152. The van der Waals surface area contributed by atoms with E-state index in [2.05, 4.69) is 35.7 Å². The highest BCUT2D eigenvalue weighted by molar-refractivity contribution is 5.32. The fraction of sp³-hybridized carbons (Fsp3) is 0.611. The van der Waals surface area contributed by atoms with Gasteiger partial charge < -0.3 is 5.32 Å². The fourth-order valence-corrected chi connectivity index (χ4v) is 3.76.